The van der Waals surface area contributed by atoms with E-state index in [9.17, 15) is 13.2 Å². The molecule has 1 aromatic carbocycles. The highest BCUT2D eigenvalue weighted by Crippen LogP contribution is 2.27. The normalized spacial score (nSPS) is 16.9. The fraction of sp³-hybridized carbons (Fsp3) is 0.632. The zero-order valence-corrected chi connectivity index (χ0v) is 19.3. The second-order valence-electron chi connectivity index (χ2n) is 6.94. The summed E-state index contributed by atoms with van der Waals surface area (Å²) in [6, 6.07) is 6.04. The highest BCUT2D eigenvalue weighted by Gasteiger charge is 2.35. The second kappa shape index (κ2) is 11.8. The van der Waals surface area contributed by atoms with Gasteiger partial charge in [-0.15, -0.1) is 37.1 Å². The summed E-state index contributed by atoms with van der Waals surface area (Å²) in [5.41, 5.74) is 0.316. The molecule has 0 bridgehead atoms. The number of benzene rings is 1. The van der Waals surface area contributed by atoms with Crippen molar-refractivity contribution in [3.8, 4) is 5.75 Å². The number of likely N-dealkylation sites (N-methyl/N-ethyl adjacent to an activating group) is 1. The lowest BCUT2D eigenvalue weighted by Crippen LogP contribution is -2.57. The molecule has 0 aliphatic carbocycles. The summed E-state index contributed by atoms with van der Waals surface area (Å²) in [5, 5.41) is 6.47. The predicted molar refractivity (Wildman–Crippen MR) is 118 cm³/mol. The first-order chi connectivity index (χ1) is 13.3. The molecule has 166 valence electrons. The Bertz CT molecular complexity index is 651. The highest BCUT2D eigenvalue weighted by molar-refractivity contribution is 14.0. The number of ether oxygens (including phenoxy) is 2. The first kappa shape index (κ1) is 25.8. The van der Waals surface area contributed by atoms with Gasteiger partial charge in [-0.1, -0.05) is 18.2 Å². The van der Waals surface area contributed by atoms with Crippen molar-refractivity contribution < 1.29 is 22.6 Å². The predicted octanol–water partition coefficient (Wildman–Crippen LogP) is 3.37. The molecule has 0 amide bonds. The number of hydrogen-bond donors (Lipinski definition) is 2. The van der Waals surface area contributed by atoms with Crippen LogP contribution in [0.4, 0.5) is 13.2 Å². The molecule has 1 heterocycles. The molecule has 1 aliphatic heterocycles. The molecule has 1 aliphatic rings. The highest BCUT2D eigenvalue weighted by atomic mass is 127. The molecule has 6 nitrogen and oxygen atoms in total. The van der Waals surface area contributed by atoms with Gasteiger partial charge < -0.3 is 25.0 Å². The zero-order chi connectivity index (χ0) is 20.6. The summed E-state index contributed by atoms with van der Waals surface area (Å²) < 4.78 is 47.3. The Morgan fingerprint density at radius 3 is 2.45 bits per heavy atom. The van der Waals surface area contributed by atoms with Gasteiger partial charge in [0, 0.05) is 37.4 Å². The van der Waals surface area contributed by atoms with Crippen molar-refractivity contribution in [2.24, 2.45) is 4.99 Å². The Hall–Kier alpha value is -1.27. The first-order valence-corrected chi connectivity index (χ1v) is 9.37. The first-order valence-electron chi connectivity index (χ1n) is 9.37. The van der Waals surface area contributed by atoms with Crippen molar-refractivity contribution in [3.63, 3.8) is 0 Å². The molecule has 0 spiro atoms. The van der Waals surface area contributed by atoms with Gasteiger partial charge in [0.2, 0.25) is 0 Å². The van der Waals surface area contributed by atoms with Crippen LogP contribution in [0.15, 0.2) is 29.3 Å². The monoisotopic (exact) mass is 530 g/mol. The van der Waals surface area contributed by atoms with E-state index in [2.05, 4.69) is 25.3 Å². The smallest absolute Gasteiger partial charge is 0.405 e. The van der Waals surface area contributed by atoms with Crippen LogP contribution in [0.1, 0.15) is 25.3 Å². The Morgan fingerprint density at radius 2 is 1.86 bits per heavy atom. The molecular formula is C19H30F3IN4O2. The third kappa shape index (κ3) is 8.17. The van der Waals surface area contributed by atoms with E-state index >= 15 is 0 Å². The third-order valence-electron chi connectivity index (χ3n) is 4.91. The Labute approximate surface area is 187 Å². The lowest BCUT2D eigenvalue weighted by Gasteiger charge is -2.43. The van der Waals surface area contributed by atoms with Crippen LogP contribution >= 0.6 is 24.0 Å². The topological polar surface area (TPSA) is 58.1 Å². The van der Waals surface area contributed by atoms with Gasteiger partial charge in [-0.25, -0.2) is 4.99 Å². The number of nitrogens with one attached hydrogen (secondary N) is 2. The number of para-hydroxylation sites is 1. The van der Waals surface area contributed by atoms with E-state index in [1.54, 1.807) is 12.1 Å². The van der Waals surface area contributed by atoms with Crippen LogP contribution < -0.4 is 15.4 Å². The minimum Gasteiger partial charge on any atom is -0.405 e. The van der Waals surface area contributed by atoms with Crippen molar-refractivity contribution >= 4 is 29.9 Å². The molecule has 2 N–H and O–H groups in total. The summed E-state index contributed by atoms with van der Waals surface area (Å²) in [6.45, 7) is 4.72. The van der Waals surface area contributed by atoms with Gasteiger partial charge in [0.25, 0.3) is 0 Å². The van der Waals surface area contributed by atoms with Gasteiger partial charge in [0.05, 0.1) is 6.54 Å². The molecule has 0 radical (unpaired) electrons. The van der Waals surface area contributed by atoms with Gasteiger partial charge in [-0.05, 0) is 39.9 Å². The summed E-state index contributed by atoms with van der Waals surface area (Å²) in [4.78, 5) is 6.64. The average molecular weight is 530 g/mol. The molecule has 1 fully saturated rings. The fourth-order valence-electron chi connectivity index (χ4n) is 3.15. The summed E-state index contributed by atoms with van der Waals surface area (Å²) >= 11 is 0. The number of aliphatic imine (C=N–C) groups is 1. The molecule has 1 saturated heterocycles. The molecule has 1 aromatic rings. The van der Waals surface area contributed by atoms with E-state index in [1.807, 2.05) is 21.0 Å². The van der Waals surface area contributed by atoms with Crippen LogP contribution in [0, 0.1) is 0 Å². The summed E-state index contributed by atoms with van der Waals surface area (Å²) in [7, 11) is 4.09. The largest absolute Gasteiger partial charge is 0.573 e. The number of alkyl halides is 3. The molecule has 0 aromatic heterocycles. The number of guanidine groups is 1. The molecule has 0 atom stereocenters. The van der Waals surface area contributed by atoms with Gasteiger partial charge in [-0.3, -0.25) is 0 Å². The molecule has 0 unspecified atom stereocenters. The van der Waals surface area contributed by atoms with Gasteiger partial charge in [0.1, 0.15) is 5.75 Å². The standard InChI is InChI=1S/C19H29F3N4O2.HI/c1-4-23-17(25-14-18(26(2)3)9-11-27-12-10-18)24-13-15-7-5-6-8-16(15)28-19(20,21)22;/h5-8H,4,9-14H2,1-3H3,(H2,23,24,25);1H. The van der Waals surface area contributed by atoms with Gasteiger partial charge >= 0.3 is 6.36 Å². The van der Waals surface area contributed by atoms with Crippen molar-refractivity contribution in [1.82, 2.24) is 15.5 Å². The van der Waals surface area contributed by atoms with E-state index in [0.29, 0.717) is 37.8 Å². The van der Waals surface area contributed by atoms with E-state index in [0.717, 1.165) is 12.8 Å². The Kier molecular flexibility index (Phi) is 10.5. The maximum atomic E-state index is 12.6. The lowest BCUT2D eigenvalue weighted by atomic mass is 9.88. The minimum atomic E-state index is -4.73. The van der Waals surface area contributed by atoms with E-state index in [1.165, 1.54) is 12.1 Å². The average Bonchev–Trinajstić information content (AvgIpc) is 2.64. The lowest BCUT2D eigenvalue weighted by molar-refractivity contribution is -0.274. The molecule has 29 heavy (non-hydrogen) atoms. The van der Waals surface area contributed by atoms with Crippen molar-refractivity contribution in [3.05, 3.63) is 29.8 Å². The van der Waals surface area contributed by atoms with Crippen molar-refractivity contribution in [1.29, 1.82) is 0 Å². The van der Waals surface area contributed by atoms with Gasteiger partial charge in [0.15, 0.2) is 5.96 Å². The number of nitrogens with zero attached hydrogens (tertiary/aromatic N) is 2. The van der Waals surface area contributed by atoms with Crippen LogP contribution in [0.5, 0.6) is 5.75 Å². The molecule has 10 heteroatoms. The number of rotatable bonds is 7. The van der Waals surface area contributed by atoms with Crippen LogP contribution in [-0.4, -0.2) is 63.2 Å². The van der Waals surface area contributed by atoms with Crippen molar-refractivity contribution in [2.75, 3.05) is 40.4 Å². The summed E-state index contributed by atoms with van der Waals surface area (Å²) in [5.74, 6) is 0.320. The van der Waals surface area contributed by atoms with E-state index in [4.69, 9.17) is 4.74 Å². The molecular weight excluding hydrogens is 500 g/mol. The van der Waals surface area contributed by atoms with Crippen LogP contribution in [0.2, 0.25) is 0 Å². The molecule has 2 rings (SSSR count). The fourth-order valence-corrected chi connectivity index (χ4v) is 3.15. The molecule has 0 saturated carbocycles. The third-order valence-corrected chi connectivity index (χ3v) is 4.91. The zero-order valence-electron chi connectivity index (χ0n) is 17.0. The van der Waals surface area contributed by atoms with Gasteiger partial charge in [-0.2, -0.15) is 0 Å². The minimum absolute atomic E-state index is 0. The Balaban J connectivity index is 0.00000420. The maximum absolute atomic E-state index is 12.6. The van der Waals surface area contributed by atoms with Crippen LogP contribution in [0.3, 0.4) is 0 Å². The van der Waals surface area contributed by atoms with Crippen molar-refractivity contribution in [2.45, 2.75) is 38.2 Å². The SMILES string of the molecule is CCNC(=NCc1ccccc1OC(F)(F)F)NCC1(N(C)C)CCOCC1.I. The quantitative estimate of drug-likeness (QED) is 0.322. The maximum Gasteiger partial charge on any atom is 0.573 e. The summed E-state index contributed by atoms with van der Waals surface area (Å²) in [6.07, 6.45) is -2.94. The van der Waals surface area contributed by atoms with E-state index in [-0.39, 0.29) is 41.8 Å². The van der Waals surface area contributed by atoms with E-state index < -0.39 is 6.36 Å². The number of halogens is 4. The van der Waals surface area contributed by atoms with Crippen LogP contribution in [0.25, 0.3) is 0 Å². The van der Waals surface area contributed by atoms with Crippen LogP contribution in [-0.2, 0) is 11.3 Å². The second-order valence-corrected chi connectivity index (χ2v) is 6.94. The Morgan fingerprint density at radius 1 is 1.21 bits per heavy atom. The number of hydrogen-bond acceptors (Lipinski definition) is 4.